The summed E-state index contributed by atoms with van der Waals surface area (Å²) >= 11 is 0. The van der Waals surface area contributed by atoms with Gasteiger partial charge in [0.25, 0.3) is 5.56 Å². The van der Waals surface area contributed by atoms with E-state index in [1.165, 1.54) is 17.4 Å². The molecule has 0 radical (unpaired) electrons. The van der Waals surface area contributed by atoms with Gasteiger partial charge in [-0.2, -0.15) is 0 Å². The molecule has 0 spiro atoms. The third-order valence-corrected chi connectivity index (χ3v) is 5.14. The van der Waals surface area contributed by atoms with E-state index < -0.39 is 0 Å². The molecule has 0 atom stereocenters. The van der Waals surface area contributed by atoms with Gasteiger partial charge in [0.2, 0.25) is 0 Å². The van der Waals surface area contributed by atoms with Gasteiger partial charge in [-0.05, 0) is 32.6 Å². The summed E-state index contributed by atoms with van der Waals surface area (Å²) in [6.45, 7) is 3.84. The monoisotopic (exact) mass is 340 g/mol. The molecule has 2 aromatic heterocycles. The lowest BCUT2D eigenvalue weighted by molar-refractivity contribution is 0.457. The van der Waals surface area contributed by atoms with Crippen LogP contribution in [0.5, 0.6) is 0 Å². The van der Waals surface area contributed by atoms with Gasteiger partial charge in [-0.1, -0.05) is 0 Å². The summed E-state index contributed by atoms with van der Waals surface area (Å²) in [6.07, 6.45) is 7.87. The second-order valence-electron chi connectivity index (χ2n) is 7.07. The zero-order valence-electron chi connectivity index (χ0n) is 14.8. The molecule has 7 heteroatoms. The highest BCUT2D eigenvalue weighted by Gasteiger charge is 2.36. The third-order valence-electron chi connectivity index (χ3n) is 5.14. The van der Waals surface area contributed by atoms with Crippen LogP contribution in [0.25, 0.3) is 0 Å². The molecular formula is C18H24N6O. The maximum absolute atomic E-state index is 11.8. The second kappa shape index (κ2) is 6.46. The van der Waals surface area contributed by atoms with Crippen LogP contribution < -0.4 is 15.4 Å². The fourth-order valence-electron chi connectivity index (χ4n) is 3.60. The first-order valence-electron chi connectivity index (χ1n) is 8.96. The third kappa shape index (κ3) is 3.36. The van der Waals surface area contributed by atoms with Crippen LogP contribution >= 0.6 is 0 Å². The van der Waals surface area contributed by atoms with Crippen molar-refractivity contribution in [2.24, 2.45) is 7.05 Å². The van der Waals surface area contributed by atoms with Crippen molar-refractivity contribution >= 4 is 11.6 Å². The van der Waals surface area contributed by atoms with Crippen LogP contribution in [0.3, 0.4) is 0 Å². The number of piperidine rings is 1. The van der Waals surface area contributed by atoms with Gasteiger partial charge in [-0.3, -0.25) is 4.79 Å². The Morgan fingerprint density at radius 1 is 1.04 bits per heavy atom. The quantitative estimate of drug-likeness (QED) is 0.841. The van der Waals surface area contributed by atoms with Crippen LogP contribution in [0.1, 0.15) is 31.4 Å². The second-order valence-corrected chi connectivity index (χ2v) is 7.07. The molecule has 1 saturated carbocycles. The number of hydrogen-bond acceptors (Lipinski definition) is 6. The first-order valence-corrected chi connectivity index (χ1v) is 8.96. The molecule has 2 aromatic rings. The molecule has 7 nitrogen and oxygen atoms in total. The highest BCUT2D eigenvalue weighted by Crippen LogP contribution is 2.35. The van der Waals surface area contributed by atoms with Gasteiger partial charge in [0.05, 0.1) is 6.33 Å². The number of aromatic nitrogens is 4. The minimum Gasteiger partial charge on any atom is -0.356 e. The molecule has 4 rings (SSSR count). The van der Waals surface area contributed by atoms with Gasteiger partial charge in [0.1, 0.15) is 18.0 Å². The standard InChI is InChI=1S/C18H24N6O/c1-13-9-17(20-11-19-13)24(14-3-4-14)15-5-7-23(8-6-15)16-10-18(25)22(2)12-21-16/h9-12,14-15H,3-8H2,1-2H3. The van der Waals surface area contributed by atoms with Gasteiger partial charge >= 0.3 is 0 Å². The molecular weight excluding hydrogens is 316 g/mol. The Bertz CT molecular complexity index is 807. The Balaban J connectivity index is 1.48. The lowest BCUT2D eigenvalue weighted by atomic mass is 10.0. The lowest BCUT2D eigenvalue weighted by Crippen LogP contribution is -2.47. The zero-order chi connectivity index (χ0) is 17.4. The molecule has 3 heterocycles. The van der Waals surface area contributed by atoms with Crippen molar-refractivity contribution in [1.82, 2.24) is 19.5 Å². The van der Waals surface area contributed by atoms with E-state index in [0.29, 0.717) is 12.1 Å². The van der Waals surface area contributed by atoms with Gasteiger partial charge < -0.3 is 14.4 Å². The first-order chi connectivity index (χ1) is 12.1. The zero-order valence-corrected chi connectivity index (χ0v) is 14.8. The van der Waals surface area contributed by atoms with Gasteiger partial charge in [0, 0.05) is 50.0 Å². The summed E-state index contributed by atoms with van der Waals surface area (Å²) in [5, 5.41) is 0. The predicted octanol–water partition coefficient (Wildman–Crippen LogP) is 1.52. The molecule has 0 amide bonds. The van der Waals surface area contributed by atoms with E-state index in [0.717, 1.165) is 43.3 Å². The van der Waals surface area contributed by atoms with Crippen LogP contribution in [-0.4, -0.2) is 44.7 Å². The summed E-state index contributed by atoms with van der Waals surface area (Å²) in [5.74, 6) is 1.84. The number of aryl methyl sites for hydroxylation is 2. The Hall–Kier alpha value is -2.44. The Kier molecular flexibility index (Phi) is 4.15. The Labute approximate surface area is 147 Å². The maximum atomic E-state index is 11.8. The highest BCUT2D eigenvalue weighted by molar-refractivity contribution is 5.45. The minimum absolute atomic E-state index is 0.0109. The smallest absolute Gasteiger partial charge is 0.255 e. The van der Waals surface area contributed by atoms with Gasteiger partial charge in [0.15, 0.2) is 0 Å². The molecule has 2 aliphatic rings. The number of rotatable bonds is 4. The van der Waals surface area contributed by atoms with Crippen molar-refractivity contribution in [2.75, 3.05) is 22.9 Å². The molecule has 0 N–H and O–H groups in total. The number of nitrogens with zero attached hydrogens (tertiary/aromatic N) is 6. The SMILES string of the molecule is Cc1cc(N(C2CC2)C2CCN(c3cc(=O)n(C)cn3)CC2)ncn1. The molecule has 132 valence electrons. The normalized spacial score (nSPS) is 18.4. The van der Waals surface area contributed by atoms with Crippen LogP contribution in [0.4, 0.5) is 11.6 Å². The summed E-state index contributed by atoms with van der Waals surface area (Å²) in [4.78, 5) is 29.7. The van der Waals surface area contributed by atoms with E-state index in [-0.39, 0.29) is 5.56 Å². The summed E-state index contributed by atoms with van der Waals surface area (Å²) in [5.41, 5.74) is 1.00. The average molecular weight is 340 g/mol. The van der Waals surface area contributed by atoms with E-state index in [1.54, 1.807) is 25.8 Å². The van der Waals surface area contributed by atoms with Crippen molar-refractivity contribution in [3.05, 3.63) is 40.8 Å². The summed E-state index contributed by atoms with van der Waals surface area (Å²) in [6, 6.07) is 4.83. The van der Waals surface area contributed by atoms with Crippen molar-refractivity contribution in [3.8, 4) is 0 Å². The fraction of sp³-hybridized carbons (Fsp3) is 0.556. The Morgan fingerprint density at radius 2 is 1.76 bits per heavy atom. The van der Waals surface area contributed by atoms with E-state index in [4.69, 9.17) is 0 Å². The summed E-state index contributed by atoms with van der Waals surface area (Å²) < 4.78 is 1.50. The largest absolute Gasteiger partial charge is 0.356 e. The predicted molar refractivity (Wildman–Crippen MR) is 97.0 cm³/mol. The highest BCUT2D eigenvalue weighted by atomic mass is 16.1. The molecule has 0 aromatic carbocycles. The maximum Gasteiger partial charge on any atom is 0.255 e. The van der Waals surface area contributed by atoms with Crippen LogP contribution in [0.2, 0.25) is 0 Å². The van der Waals surface area contributed by atoms with Crippen molar-refractivity contribution in [1.29, 1.82) is 0 Å². The molecule has 25 heavy (non-hydrogen) atoms. The minimum atomic E-state index is -0.0109. The average Bonchev–Trinajstić information content (AvgIpc) is 3.43. The van der Waals surface area contributed by atoms with Crippen LogP contribution in [0.15, 0.2) is 29.6 Å². The first kappa shape index (κ1) is 16.1. The molecule has 1 saturated heterocycles. The van der Waals surface area contributed by atoms with Gasteiger partial charge in [-0.25, -0.2) is 15.0 Å². The Morgan fingerprint density at radius 3 is 2.40 bits per heavy atom. The molecule has 0 bridgehead atoms. The van der Waals surface area contributed by atoms with Crippen molar-refractivity contribution < 1.29 is 0 Å². The lowest BCUT2D eigenvalue weighted by Gasteiger charge is -2.39. The van der Waals surface area contributed by atoms with Crippen molar-refractivity contribution in [3.63, 3.8) is 0 Å². The molecule has 1 aliphatic heterocycles. The van der Waals surface area contributed by atoms with Crippen LogP contribution in [0, 0.1) is 6.92 Å². The van der Waals surface area contributed by atoms with E-state index in [1.807, 2.05) is 6.92 Å². The van der Waals surface area contributed by atoms with Gasteiger partial charge in [-0.15, -0.1) is 0 Å². The topological polar surface area (TPSA) is 67.2 Å². The van der Waals surface area contributed by atoms with E-state index >= 15 is 0 Å². The molecule has 2 fully saturated rings. The molecule has 0 unspecified atom stereocenters. The summed E-state index contributed by atoms with van der Waals surface area (Å²) in [7, 11) is 1.72. The number of anilines is 2. The van der Waals surface area contributed by atoms with E-state index in [2.05, 4.69) is 30.8 Å². The van der Waals surface area contributed by atoms with Crippen LogP contribution in [-0.2, 0) is 7.05 Å². The molecule has 1 aliphatic carbocycles. The number of hydrogen-bond donors (Lipinski definition) is 0. The van der Waals surface area contributed by atoms with Crippen molar-refractivity contribution in [2.45, 2.75) is 44.7 Å². The fourth-order valence-corrected chi connectivity index (χ4v) is 3.60. The van der Waals surface area contributed by atoms with E-state index in [9.17, 15) is 4.79 Å².